The lowest BCUT2D eigenvalue weighted by molar-refractivity contribution is -0.123. The second-order valence-electron chi connectivity index (χ2n) is 5.32. The second kappa shape index (κ2) is 9.30. The highest BCUT2D eigenvalue weighted by atomic mass is 35.5. The molecule has 0 unspecified atom stereocenters. The molecule has 6 heteroatoms. The summed E-state index contributed by atoms with van der Waals surface area (Å²) in [6.45, 7) is 7.51. The number of nitrogens with one attached hydrogen (secondary N) is 2. The molecule has 22 heavy (non-hydrogen) atoms. The van der Waals surface area contributed by atoms with Gasteiger partial charge in [-0.2, -0.15) is 0 Å². The number of carbonyl (C=O) groups is 2. The van der Waals surface area contributed by atoms with Crippen LogP contribution < -0.4 is 10.6 Å². The molecule has 0 atom stereocenters. The molecule has 0 aliphatic rings. The van der Waals surface area contributed by atoms with Crippen molar-refractivity contribution in [2.45, 2.75) is 27.3 Å². The molecular weight excluding hydrogens is 302 g/mol. The molecule has 2 N–H and O–H groups in total. The van der Waals surface area contributed by atoms with Gasteiger partial charge >= 0.3 is 6.03 Å². The molecular formula is C16H24ClN3O2. The largest absolute Gasteiger partial charge is 0.354 e. The Balaban J connectivity index is 2.40. The third-order valence-electron chi connectivity index (χ3n) is 3.16. The number of halogens is 1. The molecule has 0 aliphatic carbocycles. The summed E-state index contributed by atoms with van der Waals surface area (Å²) in [5.41, 5.74) is 0.984. The van der Waals surface area contributed by atoms with Gasteiger partial charge in [0.1, 0.15) is 0 Å². The predicted molar refractivity (Wildman–Crippen MR) is 88.8 cm³/mol. The molecule has 122 valence electrons. The summed E-state index contributed by atoms with van der Waals surface area (Å²) in [4.78, 5) is 25.2. The van der Waals surface area contributed by atoms with Gasteiger partial charge in [0.15, 0.2) is 0 Å². The number of urea groups is 1. The van der Waals surface area contributed by atoms with E-state index in [9.17, 15) is 9.59 Å². The third kappa shape index (κ3) is 6.35. The standard InChI is InChI=1S/C16H24ClN3O2/c1-4-20(11-13-6-5-7-14(17)10-13)16(22)19-9-8-18-15(21)12(2)3/h5-7,10,12H,4,8-9,11H2,1-3H3,(H,18,21)(H,19,22). The second-order valence-corrected chi connectivity index (χ2v) is 5.76. The quantitative estimate of drug-likeness (QED) is 0.757. The fraction of sp³-hybridized carbons (Fsp3) is 0.500. The van der Waals surface area contributed by atoms with Crippen molar-refractivity contribution in [2.75, 3.05) is 19.6 Å². The van der Waals surface area contributed by atoms with E-state index < -0.39 is 0 Å². The van der Waals surface area contributed by atoms with Gasteiger partial charge in [0.25, 0.3) is 0 Å². The lowest BCUT2D eigenvalue weighted by atomic mass is 10.2. The van der Waals surface area contributed by atoms with Gasteiger partial charge in [-0.25, -0.2) is 4.79 Å². The molecule has 0 radical (unpaired) electrons. The monoisotopic (exact) mass is 325 g/mol. The van der Waals surface area contributed by atoms with Gasteiger partial charge in [-0.05, 0) is 24.6 Å². The summed E-state index contributed by atoms with van der Waals surface area (Å²) >= 11 is 5.95. The predicted octanol–water partition coefficient (Wildman–Crippen LogP) is 2.64. The van der Waals surface area contributed by atoms with Crippen LogP contribution in [0.1, 0.15) is 26.3 Å². The molecule has 5 nitrogen and oxygen atoms in total. The molecule has 3 amide bonds. The van der Waals surface area contributed by atoms with Crippen molar-refractivity contribution in [3.05, 3.63) is 34.9 Å². The summed E-state index contributed by atoms with van der Waals surface area (Å²) in [5.74, 6) is -0.0637. The Morgan fingerprint density at radius 2 is 1.91 bits per heavy atom. The normalized spacial score (nSPS) is 10.4. The Labute approximate surface area is 137 Å². The van der Waals surface area contributed by atoms with Crippen LogP contribution in [0.4, 0.5) is 4.79 Å². The van der Waals surface area contributed by atoms with Crippen molar-refractivity contribution >= 4 is 23.5 Å². The van der Waals surface area contributed by atoms with Crippen LogP contribution in [-0.4, -0.2) is 36.5 Å². The number of carbonyl (C=O) groups excluding carboxylic acids is 2. The first-order valence-electron chi connectivity index (χ1n) is 7.49. The highest BCUT2D eigenvalue weighted by Crippen LogP contribution is 2.12. The molecule has 1 rings (SSSR count). The molecule has 1 aromatic carbocycles. The minimum absolute atomic E-state index is 0.0134. The van der Waals surface area contributed by atoms with Crippen LogP contribution in [0.2, 0.25) is 5.02 Å². The highest BCUT2D eigenvalue weighted by Gasteiger charge is 2.12. The lowest BCUT2D eigenvalue weighted by Gasteiger charge is -2.21. The first-order chi connectivity index (χ1) is 10.4. The zero-order valence-electron chi connectivity index (χ0n) is 13.4. The van der Waals surface area contributed by atoms with E-state index >= 15 is 0 Å². The van der Waals surface area contributed by atoms with E-state index in [1.54, 1.807) is 11.0 Å². The smallest absolute Gasteiger partial charge is 0.317 e. The number of hydrogen-bond donors (Lipinski definition) is 2. The van der Waals surface area contributed by atoms with Gasteiger partial charge in [0.2, 0.25) is 5.91 Å². The van der Waals surface area contributed by atoms with Crippen LogP contribution in [0, 0.1) is 5.92 Å². The molecule has 0 aromatic heterocycles. The van der Waals surface area contributed by atoms with Crippen LogP contribution in [0.25, 0.3) is 0 Å². The fourth-order valence-corrected chi connectivity index (χ4v) is 2.07. The minimum Gasteiger partial charge on any atom is -0.354 e. The molecule has 0 fully saturated rings. The van der Waals surface area contributed by atoms with E-state index in [1.165, 1.54) is 0 Å². The van der Waals surface area contributed by atoms with Crippen molar-refractivity contribution in [1.82, 2.24) is 15.5 Å². The maximum absolute atomic E-state index is 12.1. The third-order valence-corrected chi connectivity index (χ3v) is 3.39. The molecule has 0 bridgehead atoms. The van der Waals surface area contributed by atoms with E-state index in [4.69, 9.17) is 11.6 Å². The van der Waals surface area contributed by atoms with Gasteiger partial charge in [0.05, 0.1) is 0 Å². The minimum atomic E-state index is -0.152. The maximum atomic E-state index is 12.1. The van der Waals surface area contributed by atoms with Gasteiger partial charge in [-0.15, -0.1) is 0 Å². The summed E-state index contributed by atoms with van der Waals surface area (Å²) in [6.07, 6.45) is 0. The van der Waals surface area contributed by atoms with E-state index in [-0.39, 0.29) is 17.9 Å². The molecule has 0 aliphatic heterocycles. The number of amides is 3. The molecule has 0 saturated heterocycles. The topological polar surface area (TPSA) is 61.4 Å². The van der Waals surface area contributed by atoms with Crippen molar-refractivity contribution < 1.29 is 9.59 Å². The van der Waals surface area contributed by atoms with E-state index in [0.29, 0.717) is 31.2 Å². The zero-order valence-corrected chi connectivity index (χ0v) is 14.1. The molecule has 0 saturated carbocycles. The SMILES string of the molecule is CCN(Cc1cccc(Cl)c1)C(=O)NCCNC(=O)C(C)C. The van der Waals surface area contributed by atoms with Gasteiger partial charge in [-0.3, -0.25) is 4.79 Å². The first kappa shape index (κ1) is 18.3. The van der Waals surface area contributed by atoms with Crippen molar-refractivity contribution in [3.63, 3.8) is 0 Å². The van der Waals surface area contributed by atoms with Crippen LogP contribution in [0.3, 0.4) is 0 Å². The Hall–Kier alpha value is -1.75. The van der Waals surface area contributed by atoms with Crippen LogP contribution in [-0.2, 0) is 11.3 Å². The van der Waals surface area contributed by atoms with Crippen molar-refractivity contribution in [2.24, 2.45) is 5.92 Å². The Bertz CT molecular complexity index is 506. The highest BCUT2D eigenvalue weighted by molar-refractivity contribution is 6.30. The number of hydrogen-bond acceptors (Lipinski definition) is 2. The van der Waals surface area contributed by atoms with Gasteiger partial charge in [0, 0.05) is 37.1 Å². The summed E-state index contributed by atoms with van der Waals surface area (Å²) in [5, 5.41) is 6.22. The Morgan fingerprint density at radius 1 is 1.23 bits per heavy atom. The molecule has 1 aromatic rings. The van der Waals surface area contributed by atoms with Crippen LogP contribution in [0.15, 0.2) is 24.3 Å². The maximum Gasteiger partial charge on any atom is 0.317 e. The summed E-state index contributed by atoms with van der Waals surface area (Å²) < 4.78 is 0. The molecule has 0 spiro atoms. The van der Waals surface area contributed by atoms with E-state index in [1.807, 2.05) is 39.0 Å². The average molecular weight is 326 g/mol. The Kier molecular flexibility index (Phi) is 7.74. The summed E-state index contributed by atoms with van der Waals surface area (Å²) in [6, 6.07) is 7.30. The molecule has 0 heterocycles. The van der Waals surface area contributed by atoms with Crippen molar-refractivity contribution in [1.29, 1.82) is 0 Å². The van der Waals surface area contributed by atoms with Gasteiger partial charge in [-0.1, -0.05) is 37.6 Å². The average Bonchev–Trinajstić information content (AvgIpc) is 2.48. The lowest BCUT2D eigenvalue weighted by Crippen LogP contribution is -2.43. The van der Waals surface area contributed by atoms with Crippen LogP contribution >= 0.6 is 11.6 Å². The Morgan fingerprint density at radius 3 is 2.50 bits per heavy atom. The van der Waals surface area contributed by atoms with Crippen LogP contribution in [0.5, 0.6) is 0 Å². The van der Waals surface area contributed by atoms with E-state index in [2.05, 4.69) is 10.6 Å². The number of rotatable bonds is 7. The number of benzene rings is 1. The fourth-order valence-electron chi connectivity index (χ4n) is 1.85. The first-order valence-corrected chi connectivity index (χ1v) is 7.86. The number of nitrogens with zero attached hydrogens (tertiary/aromatic N) is 1. The van der Waals surface area contributed by atoms with Crippen molar-refractivity contribution in [3.8, 4) is 0 Å². The van der Waals surface area contributed by atoms with E-state index in [0.717, 1.165) is 5.56 Å². The van der Waals surface area contributed by atoms with Gasteiger partial charge < -0.3 is 15.5 Å². The zero-order chi connectivity index (χ0) is 16.5. The summed E-state index contributed by atoms with van der Waals surface area (Å²) in [7, 11) is 0.